The minimum Gasteiger partial charge on any atom is -0.393 e. The van der Waals surface area contributed by atoms with Crippen LogP contribution in [0.5, 0.6) is 0 Å². The fraction of sp³-hybridized carbons (Fsp3) is 0.852. The first-order valence-electron chi connectivity index (χ1n) is 12.5. The van der Waals surface area contributed by atoms with Gasteiger partial charge in [0.15, 0.2) is 0 Å². The third-order valence-electron chi connectivity index (χ3n) is 10.6. The van der Waals surface area contributed by atoms with Gasteiger partial charge in [0.1, 0.15) is 0 Å². The van der Waals surface area contributed by atoms with Crippen LogP contribution in [-0.4, -0.2) is 11.2 Å². The van der Waals surface area contributed by atoms with Crippen molar-refractivity contribution in [1.29, 1.82) is 0 Å². The normalized spacial score (nSPS) is 48.9. The van der Waals surface area contributed by atoms with E-state index in [2.05, 4.69) is 32.9 Å². The van der Waals surface area contributed by atoms with E-state index in [1.807, 2.05) is 0 Å². The van der Waals surface area contributed by atoms with Crippen LogP contribution in [0, 0.1) is 40.4 Å². The molecule has 3 fully saturated rings. The van der Waals surface area contributed by atoms with Gasteiger partial charge >= 0.3 is 0 Å². The van der Waals surface area contributed by atoms with Crippen molar-refractivity contribution in [2.45, 2.75) is 104 Å². The molecule has 0 spiro atoms. The molecule has 3 saturated carbocycles. The highest BCUT2D eigenvalue weighted by molar-refractivity contribution is 5.25. The van der Waals surface area contributed by atoms with Crippen LogP contribution in [0.15, 0.2) is 23.3 Å². The second kappa shape index (κ2) is 7.00. The Labute approximate surface area is 173 Å². The maximum Gasteiger partial charge on any atom is 0.0577 e. The molecule has 1 nitrogen and oxygen atoms in total. The molecule has 0 aromatic heterocycles. The highest BCUT2D eigenvalue weighted by atomic mass is 16.3. The Bertz CT molecular complexity index is 674. The standard InChI is InChI=1S/C27H42O/c1-18(16-19-6-4-5-7-19)23-10-11-24-22-9-8-20-17-21(28)12-14-26(20,2)25(22)13-15-27(23,24)3/h6,8,18,21-25,28H,4-5,7,9-17H2,1-3H3/t18-,21+,22+,23-,24+,25+,26+,27-/m1/s1. The van der Waals surface area contributed by atoms with Gasteiger partial charge in [0, 0.05) is 0 Å². The number of rotatable bonds is 3. The molecule has 0 aromatic rings. The molecule has 5 aliphatic carbocycles. The second-order valence-corrected chi connectivity index (χ2v) is 11.8. The van der Waals surface area contributed by atoms with Gasteiger partial charge in [0.25, 0.3) is 0 Å². The Morgan fingerprint density at radius 1 is 1.07 bits per heavy atom. The third kappa shape index (κ3) is 2.90. The molecule has 8 atom stereocenters. The van der Waals surface area contributed by atoms with Gasteiger partial charge in [0.05, 0.1) is 6.10 Å². The van der Waals surface area contributed by atoms with E-state index >= 15 is 0 Å². The molecule has 1 N–H and O–H groups in total. The molecule has 0 aromatic carbocycles. The highest BCUT2D eigenvalue weighted by Gasteiger charge is 2.59. The van der Waals surface area contributed by atoms with Crippen LogP contribution in [0.25, 0.3) is 0 Å². The highest BCUT2D eigenvalue weighted by Crippen LogP contribution is 2.67. The topological polar surface area (TPSA) is 20.2 Å². The number of allylic oxidation sites excluding steroid dienone is 3. The summed E-state index contributed by atoms with van der Waals surface area (Å²) in [6.45, 7) is 7.83. The first kappa shape index (κ1) is 19.4. The molecule has 0 aliphatic heterocycles. The average molecular weight is 383 g/mol. The number of fused-ring (bicyclic) bond motifs is 5. The Hall–Kier alpha value is -0.560. The fourth-order valence-corrected chi connectivity index (χ4v) is 9.10. The van der Waals surface area contributed by atoms with Crippen molar-refractivity contribution in [3.05, 3.63) is 23.3 Å². The van der Waals surface area contributed by atoms with Gasteiger partial charge in [0.2, 0.25) is 0 Å². The third-order valence-corrected chi connectivity index (χ3v) is 10.6. The molecule has 1 heteroatoms. The maximum atomic E-state index is 10.2. The zero-order valence-electron chi connectivity index (χ0n) is 18.6. The van der Waals surface area contributed by atoms with Crippen molar-refractivity contribution in [2.24, 2.45) is 40.4 Å². The van der Waals surface area contributed by atoms with Crippen molar-refractivity contribution in [3.8, 4) is 0 Å². The zero-order valence-corrected chi connectivity index (χ0v) is 18.6. The molecule has 0 saturated heterocycles. The second-order valence-electron chi connectivity index (χ2n) is 11.8. The van der Waals surface area contributed by atoms with Crippen molar-refractivity contribution in [2.75, 3.05) is 0 Å². The molecular formula is C27H42O. The molecule has 28 heavy (non-hydrogen) atoms. The monoisotopic (exact) mass is 382 g/mol. The molecule has 5 aliphatic rings. The first-order valence-corrected chi connectivity index (χ1v) is 12.5. The van der Waals surface area contributed by atoms with Gasteiger partial charge in [-0.05, 0) is 117 Å². The molecule has 5 rings (SSSR count). The number of hydrogen-bond donors (Lipinski definition) is 1. The largest absolute Gasteiger partial charge is 0.393 e. The van der Waals surface area contributed by atoms with Gasteiger partial charge in [-0.25, -0.2) is 0 Å². The Kier molecular flexibility index (Phi) is 4.85. The summed E-state index contributed by atoms with van der Waals surface area (Å²) in [5.74, 6) is 4.53. The predicted molar refractivity (Wildman–Crippen MR) is 117 cm³/mol. The Balaban J connectivity index is 1.36. The van der Waals surface area contributed by atoms with Crippen molar-refractivity contribution >= 4 is 0 Å². The van der Waals surface area contributed by atoms with Crippen molar-refractivity contribution in [1.82, 2.24) is 0 Å². The number of aliphatic hydroxyl groups is 1. The summed E-state index contributed by atoms with van der Waals surface area (Å²) in [7, 11) is 0. The molecule has 0 unspecified atom stereocenters. The smallest absolute Gasteiger partial charge is 0.0577 e. The summed E-state index contributed by atoms with van der Waals surface area (Å²) in [4.78, 5) is 0. The quantitative estimate of drug-likeness (QED) is 0.518. The Morgan fingerprint density at radius 2 is 1.93 bits per heavy atom. The summed E-state index contributed by atoms with van der Waals surface area (Å²) in [6, 6.07) is 0. The van der Waals surface area contributed by atoms with E-state index in [9.17, 15) is 5.11 Å². The van der Waals surface area contributed by atoms with E-state index in [1.165, 1.54) is 64.2 Å². The van der Waals surface area contributed by atoms with Crippen molar-refractivity contribution < 1.29 is 5.11 Å². The summed E-state index contributed by atoms with van der Waals surface area (Å²) in [6.07, 6.45) is 20.9. The average Bonchev–Trinajstić information content (AvgIpc) is 3.29. The van der Waals surface area contributed by atoms with Crippen LogP contribution < -0.4 is 0 Å². The van der Waals surface area contributed by atoms with Crippen LogP contribution in [0.2, 0.25) is 0 Å². The SMILES string of the molecule is C[C@H](CC1=CCCC1)[C@H]1CC[C@H]2[C@@H]3CC=C4C[C@@H](O)CC[C@]4(C)[C@H]3CC[C@]12C. The maximum absolute atomic E-state index is 10.2. The summed E-state index contributed by atoms with van der Waals surface area (Å²) < 4.78 is 0. The fourth-order valence-electron chi connectivity index (χ4n) is 9.10. The lowest BCUT2D eigenvalue weighted by Gasteiger charge is -2.58. The molecule has 0 heterocycles. The number of aliphatic hydroxyl groups excluding tert-OH is 1. The van der Waals surface area contributed by atoms with Gasteiger partial charge in [-0.15, -0.1) is 0 Å². The lowest BCUT2D eigenvalue weighted by molar-refractivity contribution is -0.0566. The molecular weight excluding hydrogens is 340 g/mol. The summed E-state index contributed by atoms with van der Waals surface area (Å²) in [5.41, 5.74) is 4.36. The van der Waals surface area contributed by atoms with Crippen LogP contribution >= 0.6 is 0 Å². The van der Waals surface area contributed by atoms with Crippen LogP contribution in [0.1, 0.15) is 97.8 Å². The zero-order chi connectivity index (χ0) is 19.5. The van der Waals surface area contributed by atoms with Gasteiger partial charge in [-0.3, -0.25) is 0 Å². The minimum absolute atomic E-state index is 0.0775. The van der Waals surface area contributed by atoms with Crippen LogP contribution in [-0.2, 0) is 0 Å². The van der Waals surface area contributed by atoms with E-state index < -0.39 is 0 Å². The molecule has 0 bridgehead atoms. The molecule has 156 valence electrons. The van der Waals surface area contributed by atoms with E-state index in [0.717, 1.165) is 42.4 Å². The van der Waals surface area contributed by atoms with Gasteiger partial charge < -0.3 is 5.11 Å². The van der Waals surface area contributed by atoms with E-state index in [4.69, 9.17) is 0 Å². The predicted octanol–water partition coefficient (Wildman–Crippen LogP) is 7.06. The number of hydrogen-bond acceptors (Lipinski definition) is 1. The van der Waals surface area contributed by atoms with E-state index in [-0.39, 0.29) is 6.10 Å². The lowest BCUT2D eigenvalue weighted by atomic mass is 9.47. The lowest BCUT2D eigenvalue weighted by Crippen LogP contribution is -2.50. The van der Waals surface area contributed by atoms with E-state index in [0.29, 0.717) is 10.8 Å². The van der Waals surface area contributed by atoms with Crippen LogP contribution in [0.4, 0.5) is 0 Å². The molecule has 0 radical (unpaired) electrons. The van der Waals surface area contributed by atoms with Crippen LogP contribution in [0.3, 0.4) is 0 Å². The summed E-state index contributed by atoms with van der Waals surface area (Å²) >= 11 is 0. The van der Waals surface area contributed by atoms with Crippen molar-refractivity contribution in [3.63, 3.8) is 0 Å². The van der Waals surface area contributed by atoms with E-state index in [1.54, 1.807) is 11.1 Å². The minimum atomic E-state index is -0.0775. The van der Waals surface area contributed by atoms with Gasteiger partial charge in [-0.1, -0.05) is 44.1 Å². The van der Waals surface area contributed by atoms with Gasteiger partial charge in [-0.2, -0.15) is 0 Å². The molecule has 0 amide bonds. The first-order chi connectivity index (χ1) is 13.4. The summed E-state index contributed by atoms with van der Waals surface area (Å²) in [5, 5.41) is 10.2. The Morgan fingerprint density at radius 3 is 2.71 bits per heavy atom.